The van der Waals surface area contributed by atoms with Crippen LogP contribution < -0.4 is 0 Å². The molecule has 3 heteroatoms. The molecule has 0 bridgehead atoms. The third kappa shape index (κ3) is 5.54. The molecule has 0 aromatic carbocycles. The third-order valence-corrected chi connectivity index (χ3v) is 1.73. The minimum Gasteiger partial charge on any atom is -0.772 e. The maximum absolute atomic E-state index is 10.0. The standard InChI is InChI=1S/C6H10O2S/c1-3-4-6(2)5-9(7)8/h1,6H,4-5H2,2H3,(H,7,8)/p-1. The molecule has 0 saturated heterocycles. The summed E-state index contributed by atoms with van der Waals surface area (Å²) in [7, 11) is 0. The van der Waals surface area contributed by atoms with E-state index in [1.165, 1.54) is 0 Å². The molecule has 0 spiro atoms. The molecule has 0 aliphatic heterocycles. The molecule has 9 heavy (non-hydrogen) atoms. The lowest BCUT2D eigenvalue weighted by Crippen LogP contribution is -2.05. The molecule has 52 valence electrons. The maximum Gasteiger partial charge on any atom is 0.0136 e. The summed E-state index contributed by atoms with van der Waals surface area (Å²) in [6.07, 6.45) is 5.49. The van der Waals surface area contributed by atoms with E-state index < -0.39 is 11.1 Å². The largest absolute Gasteiger partial charge is 0.772 e. The Morgan fingerprint density at radius 2 is 2.44 bits per heavy atom. The highest BCUT2D eigenvalue weighted by molar-refractivity contribution is 7.79. The summed E-state index contributed by atoms with van der Waals surface area (Å²) < 4.78 is 20.0. The molecule has 0 heterocycles. The van der Waals surface area contributed by atoms with Crippen molar-refractivity contribution >= 4 is 11.1 Å². The van der Waals surface area contributed by atoms with Gasteiger partial charge in [0.1, 0.15) is 0 Å². The van der Waals surface area contributed by atoms with Crippen molar-refractivity contribution in [1.29, 1.82) is 0 Å². The van der Waals surface area contributed by atoms with Gasteiger partial charge in [-0.15, -0.1) is 12.3 Å². The highest BCUT2D eigenvalue weighted by Crippen LogP contribution is 2.00. The van der Waals surface area contributed by atoms with Gasteiger partial charge in [-0.05, 0) is 5.92 Å². The molecule has 0 rings (SSSR count). The van der Waals surface area contributed by atoms with Crippen LogP contribution in [-0.2, 0) is 11.1 Å². The summed E-state index contributed by atoms with van der Waals surface area (Å²) in [4.78, 5) is 0. The Morgan fingerprint density at radius 1 is 1.89 bits per heavy atom. The molecule has 2 atom stereocenters. The SMILES string of the molecule is C#CCC(C)CS(=O)[O-]. The van der Waals surface area contributed by atoms with Crippen molar-refractivity contribution in [2.24, 2.45) is 5.92 Å². The van der Waals surface area contributed by atoms with E-state index in [4.69, 9.17) is 6.42 Å². The van der Waals surface area contributed by atoms with E-state index in [2.05, 4.69) is 5.92 Å². The van der Waals surface area contributed by atoms with Crippen molar-refractivity contribution < 1.29 is 8.76 Å². The van der Waals surface area contributed by atoms with Crippen LogP contribution in [0.3, 0.4) is 0 Å². The van der Waals surface area contributed by atoms with Crippen molar-refractivity contribution in [1.82, 2.24) is 0 Å². The predicted octanol–water partition coefficient (Wildman–Crippen LogP) is 0.525. The Balaban J connectivity index is 3.40. The summed E-state index contributed by atoms with van der Waals surface area (Å²) in [5, 5.41) is 0. The van der Waals surface area contributed by atoms with E-state index in [9.17, 15) is 8.76 Å². The van der Waals surface area contributed by atoms with Gasteiger partial charge in [-0.2, -0.15) is 0 Å². The molecular formula is C6H9O2S-. The Labute approximate surface area is 57.9 Å². The van der Waals surface area contributed by atoms with Gasteiger partial charge in [-0.3, -0.25) is 4.21 Å². The van der Waals surface area contributed by atoms with Gasteiger partial charge in [0.25, 0.3) is 0 Å². The molecule has 2 unspecified atom stereocenters. The second-order valence-electron chi connectivity index (χ2n) is 1.98. The van der Waals surface area contributed by atoms with Crippen molar-refractivity contribution in [3.8, 4) is 12.3 Å². The Kier molecular flexibility index (Phi) is 4.37. The zero-order chi connectivity index (χ0) is 7.28. The van der Waals surface area contributed by atoms with E-state index in [0.29, 0.717) is 6.42 Å². The molecule has 0 N–H and O–H groups in total. The van der Waals surface area contributed by atoms with Gasteiger partial charge in [0.05, 0.1) is 0 Å². The highest BCUT2D eigenvalue weighted by atomic mass is 32.2. The van der Waals surface area contributed by atoms with Gasteiger partial charge >= 0.3 is 0 Å². The van der Waals surface area contributed by atoms with Crippen molar-refractivity contribution in [2.45, 2.75) is 13.3 Å². The molecule has 0 aliphatic carbocycles. The van der Waals surface area contributed by atoms with E-state index in [1.54, 1.807) is 0 Å². The molecule has 2 nitrogen and oxygen atoms in total. The van der Waals surface area contributed by atoms with Crippen LogP contribution in [0.25, 0.3) is 0 Å². The first-order valence-electron chi connectivity index (χ1n) is 2.66. The van der Waals surface area contributed by atoms with Gasteiger partial charge in [0.15, 0.2) is 0 Å². The van der Waals surface area contributed by atoms with Crippen LogP contribution in [0.5, 0.6) is 0 Å². The lowest BCUT2D eigenvalue weighted by molar-refractivity contribution is 0.522. The van der Waals surface area contributed by atoms with Gasteiger partial charge in [0.2, 0.25) is 0 Å². The van der Waals surface area contributed by atoms with Crippen LogP contribution >= 0.6 is 0 Å². The van der Waals surface area contributed by atoms with E-state index in [0.717, 1.165) is 0 Å². The summed E-state index contributed by atoms with van der Waals surface area (Å²) in [5.74, 6) is 2.66. The zero-order valence-corrected chi connectivity index (χ0v) is 6.11. The first-order valence-corrected chi connectivity index (χ1v) is 3.90. The highest BCUT2D eigenvalue weighted by Gasteiger charge is 1.97. The second-order valence-corrected chi connectivity index (χ2v) is 2.92. The van der Waals surface area contributed by atoms with Crippen LogP contribution in [0.4, 0.5) is 0 Å². The fourth-order valence-corrected chi connectivity index (χ4v) is 1.07. The van der Waals surface area contributed by atoms with Gasteiger partial charge in [-0.25, -0.2) is 0 Å². The van der Waals surface area contributed by atoms with E-state index in [1.807, 2.05) is 6.92 Å². The lowest BCUT2D eigenvalue weighted by atomic mass is 10.1. The van der Waals surface area contributed by atoms with E-state index >= 15 is 0 Å². The van der Waals surface area contributed by atoms with E-state index in [-0.39, 0.29) is 11.7 Å². The molecule has 0 amide bonds. The fraction of sp³-hybridized carbons (Fsp3) is 0.667. The number of terminal acetylenes is 1. The number of rotatable bonds is 3. The number of hydrogen-bond acceptors (Lipinski definition) is 2. The topological polar surface area (TPSA) is 40.1 Å². The van der Waals surface area contributed by atoms with Crippen LogP contribution in [0, 0.1) is 18.3 Å². The Hall–Kier alpha value is -0.330. The molecular weight excluding hydrogens is 136 g/mol. The van der Waals surface area contributed by atoms with Crippen LogP contribution in [0.1, 0.15) is 13.3 Å². The molecule has 0 aromatic heterocycles. The first kappa shape index (κ1) is 8.67. The number of hydrogen-bond donors (Lipinski definition) is 0. The Bertz CT molecular complexity index is 136. The smallest absolute Gasteiger partial charge is 0.0136 e. The summed E-state index contributed by atoms with van der Waals surface area (Å²) >= 11 is -1.94. The molecule has 0 fully saturated rings. The average molecular weight is 145 g/mol. The molecule has 0 aliphatic rings. The monoisotopic (exact) mass is 145 g/mol. The van der Waals surface area contributed by atoms with Crippen LogP contribution in [0.15, 0.2) is 0 Å². The predicted molar refractivity (Wildman–Crippen MR) is 36.4 cm³/mol. The summed E-state index contributed by atoms with van der Waals surface area (Å²) in [5.41, 5.74) is 0. The third-order valence-electron chi connectivity index (χ3n) is 0.887. The molecule has 0 radical (unpaired) electrons. The van der Waals surface area contributed by atoms with Crippen molar-refractivity contribution in [2.75, 3.05) is 5.75 Å². The quantitative estimate of drug-likeness (QED) is 0.429. The second kappa shape index (κ2) is 4.54. The minimum atomic E-state index is -1.94. The average Bonchev–Trinajstić information content (AvgIpc) is 1.63. The van der Waals surface area contributed by atoms with Gasteiger partial charge < -0.3 is 4.55 Å². The van der Waals surface area contributed by atoms with Gasteiger partial charge in [-0.1, -0.05) is 18.0 Å². The lowest BCUT2D eigenvalue weighted by Gasteiger charge is -2.08. The molecule has 0 aromatic rings. The van der Waals surface area contributed by atoms with Crippen molar-refractivity contribution in [3.05, 3.63) is 0 Å². The zero-order valence-electron chi connectivity index (χ0n) is 5.29. The first-order chi connectivity index (χ1) is 4.16. The normalized spacial score (nSPS) is 16.1. The molecule has 0 saturated carbocycles. The van der Waals surface area contributed by atoms with Gasteiger partial charge in [0, 0.05) is 12.2 Å². The Morgan fingerprint density at radius 3 is 2.78 bits per heavy atom. The van der Waals surface area contributed by atoms with Crippen LogP contribution in [-0.4, -0.2) is 14.5 Å². The summed E-state index contributed by atoms with van der Waals surface area (Å²) in [6, 6.07) is 0. The minimum absolute atomic E-state index is 0.0910. The fourth-order valence-electron chi connectivity index (χ4n) is 0.492. The summed E-state index contributed by atoms with van der Waals surface area (Å²) in [6.45, 7) is 1.82. The maximum atomic E-state index is 10.0. The van der Waals surface area contributed by atoms with Crippen LogP contribution in [0.2, 0.25) is 0 Å². The van der Waals surface area contributed by atoms with Crippen molar-refractivity contribution in [3.63, 3.8) is 0 Å².